The second kappa shape index (κ2) is 5.84. The number of carbonyl (C=O) groups is 1. The molecule has 0 saturated heterocycles. The van der Waals surface area contributed by atoms with Crippen molar-refractivity contribution in [2.45, 2.75) is 13.3 Å². The van der Waals surface area contributed by atoms with Crippen molar-refractivity contribution >= 4 is 17.1 Å². The van der Waals surface area contributed by atoms with E-state index in [0.717, 1.165) is 10.6 Å². The topological polar surface area (TPSA) is 48.4 Å². The van der Waals surface area contributed by atoms with E-state index in [1.54, 1.807) is 27.3 Å². The van der Waals surface area contributed by atoms with Crippen molar-refractivity contribution in [3.8, 4) is 11.5 Å². The van der Waals surface area contributed by atoms with Gasteiger partial charge in [0.2, 0.25) is 0 Å². The van der Waals surface area contributed by atoms with E-state index in [9.17, 15) is 4.79 Å². The summed E-state index contributed by atoms with van der Waals surface area (Å²) in [6.07, 6.45) is 2.31. The average Bonchev–Trinajstić information content (AvgIpc) is 2.87. The van der Waals surface area contributed by atoms with Gasteiger partial charge in [-0.2, -0.15) is 0 Å². The van der Waals surface area contributed by atoms with E-state index in [0.29, 0.717) is 22.8 Å². The number of rotatable bonds is 5. The minimum absolute atomic E-state index is 0.0519. The third kappa shape index (κ3) is 3.12. The Morgan fingerprint density at radius 1 is 1.26 bits per heavy atom. The second-order valence-electron chi connectivity index (χ2n) is 4.04. The Morgan fingerprint density at radius 3 is 2.58 bits per heavy atom. The Balaban J connectivity index is 2.20. The van der Waals surface area contributed by atoms with Crippen molar-refractivity contribution in [3.63, 3.8) is 0 Å². The van der Waals surface area contributed by atoms with Crippen LogP contribution in [0.15, 0.2) is 24.4 Å². The summed E-state index contributed by atoms with van der Waals surface area (Å²) in [4.78, 5) is 16.2. The van der Waals surface area contributed by atoms with Crippen LogP contribution in [0.2, 0.25) is 0 Å². The normalized spacial score (nSPS) is 10.3. The molecule has 4 nitrogen and oxygen atoms in total. The molecular weight excluding hydrogens is 262 g/mol. The van der Waals surface area contributed by atoms with Gasteiger partial charge >= 0.3 is 0 Å². The van der Waals surface area contributed by atoms with Crippen molar-refractivity contribution < 1.29 is 14.3 Å². The Morgan fingerprint density at radius 2 is 2.00 bits per heavy atom. The molecule has 5 heteroatoms. The highest BCUT2D eigenvalue weighted by atomic mass is 32.1. The maximum absolute atomic E-state index is 11.2. The van der Waals surface area contributed by atoms with Crippen LogP contribution in [0.4, 0.5) is 0 Å². The van der Waals surface area contributed by atoms with E-state index >= 15 is 0 Å². The molecule has 0 spiro atoms. The molecule has 0 radical (unpaired) electrons. The number of nitrogens with zero attached hydrogens (tertiary/aromatic N) is 1. The molecule has 2 rings (SSSR count). The number of carbonyl (C=O) groups excluding carboxylic acids is 1. The molecule has 1 aromatic heterocycles. The number of hydrogen-bond acceptors (Lipinski definition) is 5. The first-order valence-corrected chi connectivity index (χ1v) is 6.62. The number of thiazole rings is 1. The van der Waals surface area contributed by atoms with Gasteiger partial charge in [0.15, 0.2) is 17.3 Å². The lowest BCUT2D eigenvalue weighted by Gasteiger charge is -2.08. The molecule has 0 aliphatic rings. The number of ether oxygens (including phenoxy) is 2. The number of methoxy groups -OCH3 is 2. The maximum atomic E-state index is 11.2. The van der Waals surface area contributed by atoms with E-state index in [4.69, 9.17) is 9.47 Å². The lowest BCUT2D eigenvalue weighted by atomic mass is 10.1. The highest BCUT2D eigenvalue weighted by molar-refractivity contribution is 7.13. The molecule has 0 fully saturated rings. The fourth-order valence-electron chi connectivity index (χ4n) is 1.72. The van der Waals surface area contributed by atoms with Crippen LogP contribution in [-0.4, -0.2) is 25.0 Å². The molecule has 0 unspecified atom stereocenters. The quantitative estimate of drug-likeness (QED) is 0.788. The summed E-state index contributed by atoms with van der Waals surface area (Å²) in [5, 5.41) is 0.914. The Labute approximate surface area is 116 Å². The van der Waals surface area contributed by atoms with Gasteiger partial charge in [0.25, 0.3) is 0 Å². The molecule has 2 aromatic rings. The number of ketones is 1. The zero-order valence-corrected chi connectivity index (χ0v) is 11.9. The summed E-state index contributed by atoms with van der Waals surface area (Å²) < 4.78 is 10.5. The van der Waals surface area contributed by atoms with E-state index in [-0.39, 0.29) is 5.78 Å². The summed E-state index contributed by atoms with van der Waals surface area (Å²) in [5.74, 6) is 1.45. The molecule has 0 bridgehead atoms. The number of hydrogen-bond donors (Lipinski definition) is 0. The van der Waals surface area contributed by atoms with Crippen LogP contribution in [0.25, 0.3) is 0 Å². The summed E-state index contributed by atoms with van der Waals surface area (Å²) in [7, 11) is 3.22. The standard InChI is InChI=1S/C14H15NO3S/c1-9(16)13-8-15-14(19-13)7-10-4-5-11(17-2)12(6-10)18-3/h4-6,8H,7H2,1-3H3. The fourth-order valence-corrected chi connectivity index (χ4v) is 2.57. The summed E-state index contributed by atoms with van der Waals surface area (Å²) >= 11 is 1.43. The van der Waals surface area contributed by atoms with Crippen molar-refractivity contribution in [1.82, 2.24) is 4.98 Å². The predicted molar refractivity (Wildman–Crippen MR) is 74.5 cm³/mol. The van der Waals surface area contributed by atoms with Gasteiger partial charge in [-0.3, -0.25) is 4.79 Å². The van der Waals surface area contributed by atoms with Crippen molar-refractivity contribution in [3.05, 3.63) is 39.8 Å². The molecule has 0 N–H and O–H groups in total. The molecule has 0 amide bonds. The second-order valence-corrected chi connectivity index (χ2v) is 5.16. The average molecular weight is 277 g/mol. The fraction of sp³-hybridized carbons (Fsp3) is 0.286. The number of aromatic nitrogens is 1. The van der Waals surface area contributed by atoms with E-state index in [1.807, 2.05) is 18.2 Å². The lowest BCUT2D eigenvalue weighted by molar-refractivity contribution is 0.102. The van der Waals surface area contributed by atoms with Crippen LogP contribution >= 0.6 is 11.3 Å². The molecule has 0 aliphatic carbocycles. The minimum Gasteiger partial charge on any atom is -0.493 e. The number of Topliss-reactive ketones (excluding diaryl/α,β-unsaturated/α-hetero) is 1. The van der Waals surface area contributed by atoms with Crippen molar-refractivity contribution in [1.29, 1.82) is 0 Å². The summed E-state index contributed by atoms with van der Waals surface area (Å²) in [6, 6.07) is 5.76. The largest absolute Gasteiger partial charge is 0.493 e. The van der Waals surface area contributed by atoms with Crippen LogP contribution in [0, 0.1) is 0 Å². The first-order valence-electron chi connectivity index (χ1n) is 5.80. The molecule has 19 heavy (non-hydrogen) atoms. The van der Waals surface area contributed by atoms with Crippen LogP contribution in [0.1, 0.15) is 27.2 Å². The van der Waals surface area contributed by atoms with Gasteiger partial charge in [-0.05, 0) is 17.7 Å². The van der Waals surface area contributed by atoms with Gasteiger partial charge in [-0.1, -0.05) is 6.07 Å². The molecule has 1 heterocycles. The van der Waals surface area contributed by atoms with E-state index in [1.165, 1.54) is 11.3 Å². The van der Waals surface area contributed by atoms with Crippen LogP contribution < -0.4 is 9.47 Å². The first kappa shape index (κ1) is 13.5. The summed E-state index contributed by atoms with van der Waals surface area (Å²) in [6.45, 7) is 1.55. The third-order valence-corrected chi connectivity index (χ3v) is 3.80. The highest BCUT2D eigenvalue weighted by Gasteiger charge is 2.09. The van der Waals surface area contributed by atoms with Crippen molar-refractivity contribution in [2.24, 2.45) is 0 Å². The molecule has 100 valence electrons. The summed E-state index contributed by atoms with van der Waals surface area (Å²) in [5.41, 5.74) is 1.07. The van der Waals surface area contributed by atoms with E-state index < -0.39 is 0 Å². The van der Waals surface area contributed by atoms with Crippen LogP contribution in [0.3, 0.4) is 0 Å². The minimum atomic E-state index is 0.0519. The molecular formula is C14H15NO3S. The van der Waals surface area contributed by atoms with Gasteiger partial charge in [0, 0.05) is 19.5 Å². The Hall–Kier alpha value is -1.88. The molecule has 1 aromatic carbocycles. The molecule has 0 saturated carbocycles. The van der Waals surface area contributed by atoms with Gasteiger partial charge in [-0.25, -0.2) is 4.98 Å². The predicted octanol–water partition coefficient (Wildman–Crippen LogP) is 2.95. The van der Waals surface area contributed by atoms with Crippen LogP contribution in [-0.2, 0) is 6.42 Å². The maximum Gasteiger partial charge on any atom is 0.171 e. The van der Waals surface area contributed by atoms with Gasteiger partial charge in [0.05, 0.1) is 24.1 Å². The zero-order valence-electron chi connectivity index (χ0n) is 11.1. The third-order valence-electron chi connectivity index (χ3n) is 2.70. The molecule has 0 aliphatic heterocycles. The highest BCUT2D eigenvalue weighted by Crippen LogP contribution is 2.29. The number of benzene rings is 1. The first-order chi connectivity index (χ1) is 9.13. The monoisotopic (exact) mass is 277 g/mol. The SMILES string of the molecule is COc1ccc(Cc2ncc(C(C)=O)s2)cc1OC. The van der Waals surface area contributed by atoms with E-state index in [2.05, 4.69) is 4.98 Å². The Kier molecular flexibility index (Phi) is 4.16. The molecule has 0 atom stereocenters. The van der Waals surface area contributed by atoms with Gasteiger partial charge in [0.1, 0.15) is 0 Å². The lowest BCUT2D eigenvalue weighted by Crippen LogP contribution is -1.93. The Bertz CT molecular complexity index is 592. The van der Waals surface area contributed by atoms with Gasteiger partial charge < -0.3 is 9.47 Å². The van der Waals surface area contributed by atoms with Crippen LogP contribution in [0.5, 0.6) is 11.5 Å². The van der Waals surface area contributed by atoms with Crippen molar-refractivity contribution in [2.75, 3.05) is 14.2 Å². The zero-order chi connectivity index (χ0) is 13.8. The smallest absolute Gasteiger partial charge is 0.171 e. The van der Waals surface area contributed by atoms with Gasteiger partial charge in [-0.15, -0.1) is 11.3 Å².